The molecule has 0 saturated carbocycles. The van der Waals surface area contributed by atoms with Crippen molar-refractivity contribution in [2.45, 2.75) is 84.0 Å². The Balaban J connectivity index is 1.94. The maximum atomic E-state index is 10.4. The molecule has 0 bridgehead atoms. The molecule has 3 heteroatoms. The van der Waals surface area contributed by atoms with Crippen LogP contribution in [0.2, 0.25) is 0 Å². The zero-order valence-corrected chi connectivity index (χ0v) is 13.4. The second-order valence-corrected chi connectivity index (χ2v) is 5.84. The van der Waals surface area contributed by atoms with Gasteiger partial charge in [-0.3, -0.25) is 4.79 Å². The minimum Gasteiger partial charge on any atom is -0.481 e. The minimum absolute atomic E-state index is 0.318. The van der Waals surface area contributed by atoms with E-state index in [4.69, 9.17) is 9.52 Å². The van der Waals surface area contributed by atoms with Crippen LogP contribution in [0.3, 0.4) is 0 Å². The summed E-state index contributed by atoms with van der Waals surface area (Å²) in [7, 11) is 0. The zero-order valence-electron chi connectivity index (χ0n) is 13.4. The Hall–Kier alpha value is -1.25. The molecule has 0 fully saturated rings. The van der Waals surface area contributed by atoms with E-state index in [0.717, 1.165) is 43.6 Å². The number of unbranched alkanes of at least 4 members (excludes halogenated alkanes) is 7. The van der Waals surface area contributed by atoms with E-state index in [1.165, 1.54) is 38.5 Å². The average Bonchev–Trinajstić information content (AvgIpc) is 2.91. The molecule has 1 N–H and O–H groups in total. The standard InChI is InChI=1S/C18H30O3/c1-2-3-11-16-14-15-17(21-16)12-9-7-5-4-6-8-10-13-18(19)20/h14-15H,2-13H2,1H3,(H,19,20). The van der Waals surface area contributed by atoms with Gasteiger partial charge in [-0.2, -0.15) is 0 Å². The second-order valence-electron chi connectivity index (χ2n) is 5.84. The molecule has 3 nitrogen and oxygen atoms in total. The lowest BCUT2D eigenvalue weighted by atomic mass is 10.1. The molecule has 1 rings (SSSR count). The van der Waals surface area contributed by atoms with E-state index in [2.05, 4.69) is 19.1 Å². The Morgan fingerprint density at radius 2 is 1.43 bits per heavy atom. The molecule has 0 aliphatic carbocycles. The molecule has 1 aromatic heterocycles. The summed E-state index contributed by atoms with van der Waals surface area (Å²) >= 11 is 0. The van der Waals surface area contributed by atoms with Crippen molar-refractivity contribution in [3.63, 3.8) is 0 Å². The largest absolute Gasteiger partial charge is 0.481 e. The third-order valence-corrected chi connectivity index (χ3v) is 3.81. The monoisotopic (exact) mass is 294 g/mol. The summed E-state index contributed by atoms with van der Waals surface area (Å²) in [5.74, 6) is 1.58. The predicted octanol–water partition coefficient (Wildman–Crippen LogP) is 5.37. The van der Waals surface area contributed by atoms with E-state index in [-0.39, 0.29) is 0 Å². The molecule has 0 atom stereocenters. The normalized spacial score (nSPS) is 10.9. The van der Waals surface area contributed by atoms with Crippen LogP contribution in [0.5, 0.6) is 0 Å². The van der Waals surface area contributed by atoms with Crippen molar-refractivity contribution in [1.29, 1.82) is 0 Å². The number of carboxylic acids is 1. The van der Waals surface area contributed by atoms with Crippen molar-refractivity contribution >= 4 is 5.97 Å². The van der Waals surface area contributed by atoms with E-state index < -0.39 is 5.97 Å². The van der Waals surface area contributed by atoms with Crippen LogP contribution in [0.1, 0.15) is 82.7 Å². The number of hydrogen-bond acceptors (Lipinski definition) is 2. The Morgan fingerprint density at radius 3 is 2.00 bits per heavy atom. The summed E-state index contributed by atoms with van der Waals surface area (Å²) in [6, 6.07) is 4.24. The van der Waals surface area contributed by atoms with Crippen molar-refractivity contribution in [1.82, 2.24) is 0 Å². The van der Waals surface area contributed by atoms with Crippen LogP contribution in [0.25, 0.3) is 0 Å². The summed E-state index contributed by atoms with van der Waals surface area (Å²) in [5, 5.41) is 8.53. The van der Waals surface area contributed by atoms with Crippen LogP contribution in [-0.2, 0) is 17.6 Å². The van der Waals surface area contributed by atoms with E-state index >= 15 is 0 Å². The Labute approximate surface area is 128 Å². The highest BCUT2D eigenvalue weighted by atomic mass is 16.4. The van der Waals surface area contributed by atoms with Gasteiger partial charge in [-0.25, -0.2) is 0 Å². The van der Waals surface area contributed by atoms with Gasteiger partial charge >= 0.3 is 5.97 Å². The average molecular weight is 294 g/mol. The fourth-order valence-electron chi connectivity index (χ4n) is 2.50. The molecule has 0 aliphatic rings. The molecule has 0 radical (unpaired) electrons. The van der Waals surface area contributed by atoms with Crippen molar-refractivity contribution in [3.05, 3.63) is 23.7 Å². The summed E-state index contributed by atoms with van der Waals surface area (Å²) in [5.41, 5.74) is 0. The molecule has 0 aromatic carbocycles. The first-order valence-electron chi connectivity index (χ1n) is 8.51. The lowest BCUT2D eigenvalue weighted by molar-refractivity contribution is -0.137. The number of furan rings is 1. The van der Waals surface area contributed by atoms with Gasteiger partial charge < -0.3 is 9.52 Å². The Bertz CT molecular complexity index is 382. The van der Waals surface area contributed by atoms with Gasteiger partial charge in [-0.15, -0.1) is 0 Å². The minimum atomic E-state index is -0.674. The van der Waals surface area contributed by atoms with Crippen LogP contribution >= 0.6 is 0 Å². The fraction of sp³-hybridized carbons (Fsp3) is 0.722. The van der Waals surface area contributed by atoms with E-state index in [9.17, 15) is 4.79 Å². The topological polar surface area (TPSA) is 50.4 Å². The van der Waals surface area contributed by atoms with Gasteiger partial charge in [0.05, 0.1) is 0 Å². The smallest absolute Gasteiger partial charge is 0.303 e. The molecule has 0 spiro atoms. The Kier molecular flexibility index (Phi) is 9.68. The van der Waals surface area contributed by atoms with Crippen LogP contribution in [0.15, 0.2) is 16.5 Å². The van der Waals surface area contributed by atoms with Gasteiger partial charge in [-0.05, 0) is 31.4 Å². The fourth-order valence-corrected chi connectivity index (χ4v) is 2.50. The van der Waals surface area contributed by atoms with Crippen molar-refractivity contribution in [2.75, 3.05) is 0 Å². The lowest BCUT2D eigenvalue weighted by Crippen LogP contribution is -1.93. The second kappa shape index (κ2) is 11.4. The highest BCUT2D eigenvalue weighted by Crippen LogP contribution is 2.15. The van der Waals surface area contributed by atoms with Crippen LogP contribution < -0.4 is 0 Å². The first-order chi connectivity index (χ1) is 10.2. The molecule has 21 heavy (non-hydrogen) atoms. The van der Waals surface area contributed by atoms with Gasteiger partial charge in [0.1, 0.15) is 11.5 Å². The van der Waals surface area contributed by atoms with Gasteiger partial charge in [0.25, 0.3) is 0 Å². The summed E-state index contributed by atoms with van der Waals surface area (Å²) < 4.78 is 5.81. The van der Waals surface area contributed by atoms with Crippen LogP contribution in [-0.4, -0.2) is 11.1 Å². The maximum absolute atomic E-state index is 10.4. The van der Waals surface area contributed by atoms with Crippen molar-refractivity contribution in [2.24, 2.45) is 0 Å². The number of rotatable bonds is 13. The van der Waals surface area contributed by atoms with Gasteiger partial charge in [-0.1, -0.05) is 45.4 Å². The van der Waals surface area contributed by atoms with E-state index in [0.29, 0.717) is 6.42 Å². The molecule has 0 amide bonds. The van der Waals surface area contributed by atoms with Gasteiger partial charge in [0.2, 0.25) is 0 Å². The van der Waals surface area contributed by atoms with Crippen molar-refractivity contribution in [3.8, 4) is 0 Å². The van der Waals surface area contributed by atoms with Gasteiger partial charge in [0.15, 0.2) is 0 Å². The van der Waals surface area contributed by atoms with Crippen molar-refractivity contribution < 1.29 is 14.3 Å². The summed E-state index contributed by atoms with van der Waals surface area (Å²) in [6.45, 7) is 2.20. The molecule has 0 aliphatic heterocycles. The van der Waals surface area contributed by atoms with Gasteiger partial charge in [0, 0.05) is 19.3 Å². The third-order valence-electron chi connectivity index (χ3n) is 3.81. The number of carboxylic acid groups (broad SMARTS) is 1. The first-order valence-corrected chi connectivity index (χ1v) is 8.51. The number of aliphatic carboxylic acids is 1. The number of hydrogen-bond donors (Lipinski definition) is 1. The van der Waals surface area contributed by atoms with E-state index in [1.807, 2.05) is 0 Å². The third kappa shape index (κ3) is 9.33. The predicted molar refractivity (Wildman–Crippen MR) is 85.6 cm³/mol. The van der Waals surface area contributed by atoms with E-state index in [1.54, 1.807) is 0 Å². The Morgan fingerprint density at radius 1 is 0.905 bits per heavy atom. The lowest BCUT2D eigenvalue weighted by Gasteiger charge is -2.01. The maximum Gasteiger partial charge on any atom is 0.303 e. The summed E-state index contributed by atoms with van der Waals surface area (Å²) in [4.78, 5) is 10.4. The summed E-state index contributed by atoms with van der Waals surface area (Å²) in [6.07, 6.45) is 12.8. The molecule has 1 aromatic rings. The molecular weight excluding hydrogens is 264 g/mol. The molecule has 120 valence electrons. The number of carbonyl (C=O) groups is 1. The van der Waals surface area contributed by atoms with Crippen LogP contribution in [0.4, 0.5) is 0 Å². The van der Waals surface area contributed by atoms with Crippen LogP contribution in [0, 0.1) is 0 Å². The molecule has 0 unspecified atom stereocenters. The highest BCUT2D eigenvalue weighted by molar-refractivity contribution is 5.66. The molecular formula is C18H30O3. The first kappa shape index (κ1) is 17.8. The SMILES string of the molecule is CCCCc1ccc(CCCCCCCCCC(=O)O)o1. The number of aryl methyl sites for hydroxylation is 2. The quantitative estimate of drug-likeness (QED) is 0.497. The highest BCUT2D eigenvalue weighted by Gasteiger charge is 2.02. The molecule has 0 saturated heterocycles. The molecule has 1 heterocycles. The zero-order chi connectivity index (χ0) is 15.3.